The lowest BCUT2D eigenvalue weighted by atomic mass is 9.96. The van der Waals surface area contributed by atoms with Gasteiger partial charge in [-0.05, 0) is 42.9 Å². The third-order valence-electron chi connectivity index (χ3n) is 13.1. The Bertz CT molecular complexity index is 1080. The lowest BCUT2D eigenvalue weighted by molar-refractivity contribution is 0.481. The Balaban J connectivity index is 2.01. The number of hydrogen-bond donors (Lipinski definition) is 1. The van der Waals surface area contributed by atoms with Crippen LogP contribution in [-0.4, -0.2) is 13.0 Å². The van der Waals surface area contributed by atoms with Crippen molar-refractivity contribution in [1.29, 1.82) is 0 Å². The summed E-state index contributed by atoms with van der Waals surface area (Å²) in [5.74, 6) is 0. The van der Waals surface area contributed by atoms with Crippen LogP contribution in [0.3, 0.4) is 0 Å². The standard InChI is InChI=1S/C54H102O3S/c1-3-5-7-9-11-13-15-17-19-21-23-25-27-29-31-33-35-37-39-41-43-45-48-52-49-47-51-54(58(55,56)57)53(52)50-46-44-42-40-38-36-34-32-30-28-26-24-22-20-18-16-14-12-10-8-6-4-2/h47,49,51H,3-46,48,50H2,1-2H3,(H,55,56,57). The van der Waals surface area contributed by atoms with Crippen LogP contribution in [0.2, 0.25) is 0 Å². The summed E-state index contributed by atoms with van der Waals surface area (Å²) >= 11 is 0. The minimum Gasteiger partial charge on any atom is -0.282 e. The molecule has 0 heterocycles. The highest BCUT2D eigenvalue weighted by Crippen LogP contribution is 2.25. The third-order valence-corrected chi connectivity index (χ3v) is 14.0. The first kappa shape index (κ1) is 55.1. The first-order valence-corrected chi connectivity index (χ1v) is 28.0. The zero-order valence-corrected chi connectivity index (χ0v) is 40.2. The van der Waals surface area contributed by atoms with Crippen molar-refractivity contribution in [2.24, 2.45) is 0 Å². The molecular weight excluding hydrogens is 729 g/mol. The van der Waals surface area contributed by atoms with E-state index in [4.69, 9.17) is 0 Å². The third kappa shape index (κ3) is 35.8. The van der Waals surface area contributed by atoms with Gasteiger partial charge in [0.25, 0.3) is 10.1 Å². The van der Waals surface area contributed by atoms with Crippen LogP contribution in [0.15, 0.2) is 23.1 Å². The van der Waals surface area contributed by atoms with E-state index >= 15 is 0 Å². The number of benzene rings is 1. The van der Waals surface area contributed by atoms with E-state index < -0.39 is 10.1 Å². The van der Waals surface area contributed by atoms with E-state index in [1.807, 2.05) is 6.07 Å². The number of rotatable bonds is 47. The van der Waals surface area contributed by atoms with Gasteiger partial charge in [-0.2, -0.15) is 8.42 Å². The number of aryl methyl sites for hydroxylation is 1. The number of unbranched alkanes of at least 4 members (excludes halogenated alkanes) is 42. The Morgan fingerprint density at radius 2 is 0.552 bits per heavy atom. The first-order chi connectivity index (χ1) is 28.5. The minimum atomic E-state index is -4.20. The summed E-state index contributed by atoms with van der Waals surface area (Å²) in [6.07, 6.45) is 62.3. The molecule has 3 nitrogen and oxygen atoms in total. The fourth-order valence-electron chi connectivity index (χ4n) is 9.21. The van der Waals surface area contributed by atoms with Crippen LogP contribution in [0.5, 0.6) is 0 Å². The van der Waals surface area contributed by atoms with Crippen molar-refractivity contribution in [3.05, 3.63) is 29.3 Å². The average molecular weight is 831 g/mol. The van der Waals surface area contributed by atoms with Gasteiger partial charge in [0, 0.05) is 0 Å². The van der Waals surface area contributed by atoms with Gasteiger partial charge >= 0.3 is 0 Å². The highest BCUT2D eigenvalue weighted by molar-refractivity contribution is 7.85. The lowest BCUT2D eigenvalue weighted by Gasteiger charge is -2.14. The quantitative estimate of drug-likeness (QED) is 0.0526. The van der Waals surface area contributed by atoms with Gasteiger partial charge in [0.05, 0.1) is 4.90 Å². The first-order valence-electron chi connectivity index (χ1n) is 26.6. The highest BCUT2D eigenvalue weighted by Gasteiger charge is 2.18. The molecule has 1 N–H and O–H groups in total. The summed E-state index contributed by atoms with van der Waals surface area (Å²) in [4.78, 5) is 0.146. The molecule has 342 valence electrons. The number of hydrogen-bond acceptors (Lipinski definition) is 2. The second-order valence-electron chi connectivity index (χ2n) is 18.7. The van der Waals surface area contributed by atoms with Crippen molar-refractivity contribution >= 4 is 10.1 Å². The van der Waals surface area contributed by atoms with Crippen LogP contribution in [-0.2, 0) is 23.0 Å². The summed E-state index contributed by atoms with van der Waals surface area (Å²) < 4.78 is 34.5. The van der Waals surface area contributed by atoms with Crippen molar-refractivity contribution < 1.29 is 13.0 Å². The van der Waals surface area contributed by atoms with Crippen molar-refractivity contribution in [3.63, 3.8) is 0 Å². The maximum Gasteiger partial charge on any atom is 0.294 e. The Hall–Kier alpha value is -0.870. The van der Waals surface area contributed by atoms with Gasteiger partial charge in [-0.25, -0.2) is 0 Å². The van der Waals surface area contributed by atoms with Crippen molar-refractivity contribution in [2.45, 2.75) is 314 Å². The van der Waals surface area contributed by atoms with E-state index in [0.717, 1.165) is 43.2 Å². The Kier molecular flexibility index (Phi) is 40.7. The van der Waals surface area contributed by atoms with Gasteiger partial charge in [0.15, 0.2) is 0 Å². The van der Waals surface area contributed by atoms with Crippen LogP contribution in [0.25, 0.3) is 0 Å². The zero-order chi connectivity index (χ0) is 41.9. The largest absolute Gasteiger partial charge is 0.294 e. The molecule has 0 radical (unpaired) electrons. The molecule has 0 aromatic heterocycles. The fourth-order valence-corrected chi connectivity index (χ4v) is 10.0. The SMILES string of the molecule is CCCCCCCCCCCCCCCCCCCCCCCCc1cccc(S(=O)(=O)O)c1CCCCCCCCCCCCCCCCCCCCCCCC. The summed E-state index contributed by atoms with van der Waals surface area (Å²) in [6, 6.07) is 5.52. The monoisotopic (exact) mass is 831 g/mol. The Morgan fingerprint density at radius 1 is 0.328 bits per heavy atom. The molecule has 0 unspecified atom stereocenters. The molecule has 4 heteroatoms. The normalized spacial score (nSPS) is 11.9. The van der Waals surface area contributed by atoms with Gasteiger partial charge in [-0.15, -0.1) is 0 Å². The minimum absolute atomic E-state index is 0.146. The van der Waals surface area contributed by atoms with E-state index in [1.165, 1.54) is 263 Å². The Morgan fingerprint density at radius 3 is 0.793 bits per heavy atom. The van der Waals surface area contributed by atoms with E-state index in [2.05, 4.69) is 19.9 Å². The van der Waals surface area contributed by atoms with Crippen molar-refractivity contribution in [1.82, 2.24) is 0 Å². The smallest absolute Gasteiger partial charge is 0.282 e. The van der Waals surface area contributed by atoms with Crippen LogP contribution in [0.1, 0.15) is 307 Å². The molecule has 0 saturated heterocycles. The molecule has 0 saturated carbocycles. The van der Waals surface area contributed by atoms with Crippen molar-refractivity contribution in [3.8, 4) is 0 Å². The fraction of sp³-hybridized carbons (Fsp3) is 0.889. The molecule has 1 aromatic rings. The summed E-state index contributed by atoms with van der Waals surface area (Å²) in [7, 11) is -4.20. The molecule has 0 aliphatic carbocycles. The van der Waals surface area contributed by atoms with E-state index in [0.29, 0.717) is 0 Å². The maximum atomic E-state index is 12.3. The Labute approximate surface area is 365 Å². The van der Waals surface area contributed by atoms with Gasteiger partial charge in [0.2, 0.25) is 0 Å². The molecule has 0 amide bonds. The van der Waals surface area contributed by atoms with Gasteiger partial charge < -0.3 is 0 Å². The van der Waals surface area contributed by atoms with Crippen LogP contribution < -0.4 is 0 Å². The maximum absolute atomic E-state index is 12.3. The molecule has 0 atom stereocenters. The van der Waals surface area contributed by atoms with E-state index in [-0.39, 0.29) is 4.90 Å². The van der Waals surface area contributed by atoms with Gasteiger partial charge in [0.1, 0.15) is 0 Å². The molecule has 1 aromatic carbocycles. The topological polar surface area (TPSA) is 54.4 Å². The van der Waals surface area contributed by atoms with E-state index in [9.17, 15) is 13.0 Å². The highest BCUT2D eigenvalue weighted by atomic mass is 32.2. The summed E-state index contributed by atoms with van der Waals surface area (Å²) in [5, 5.41) is 0. The molecule has 0 aliphatic heterocycles. The van der Waals surface area contributed by atoms with Crippen molar-refractivity contribution in [2.75, 3.05) is 0 Å². The van der Waals surface area contributed by atoms with Crippen LogP contribution in [0.4, 0.5) is 0 Å². The predicted octanol–water partition coefficient (Wildman–Crippen LogP) is 19.2. The second-order valence-corrected chi connectivity index (χ2v) is 20.1. The predicted molar refractivity (Wildman–Crippen MR) is 258 cm³/mol. The van der Waals surface area contributed by atoms with E-state index in [1.54, 1.807) is 6.07 Å². The average Bonchev–Trinajstić information content (AvgIpc) is 3.21. The van der Waals surface area contributed by atoms with Gasteiger partial charge in [-0.3, -0.25) is 4.55 Å². The summed E-state index contributed by atoms with van der Waals surface area (Å²) in [5.41, 5.74) is 2.01. The molecule has 0 bridgehead atoms. The van der Waals surface area contributed by atoms with Crippen LogP contribution in [0, 0.1) is 0 Å². The lowest BCUT2D eigenvalue weighted by Crippen LogP contribution is -2.07. The molecular formula is C54H102O3S. The van der Waals surface area contributed by atoms with Gasteiger partial charge in [-0.1, -0.05) is 296 Å². The molecule has 1 rings (SSSR count). The molecule has 0 aliphatic rings. The molecule has 0 spiro atoms. The second kappa shape index (κ2) is 42.8. The molecule has 0 fully saturated rings. The van der Waals surface area contributed by atoms with Crippen LogP contribution >= 0.6 is 0 Å². The zero-order valence-electron chi connectivity index (χ0n) is 39.4. The molecule has 58 heavy (non-hydrogen) atoms. The summed E-state index contributed by atoms with van der Waals surface area (Å²) in [6.45, 7) is 4.59.